The van der Waals surface area contributed by atoms with Gasteiger partial charge in [0.15, 0.2) is 11.5 Å². The fourth-order valence-corrected chi connectivity index (χ4v) is 3.58. The highest BCUT2D eigenvalue weighted by Gasteiger charge is 2.22. The summed E-state index contributed by atoms with van der Waals surface area (Å²) in [5, 5.41) is 3.12. The monoisotopic (exact) mass is 361 g/mol. The Morgan fingerprint density at radius 1 is 1.31 bits per heavy atom. The third-order valence-electron chi connectivity index (χ3n) is 4.92. The molecule has 0 aliphatic carbocycles. The number of ether oxygens (including phenoxy) is 3. The third kappa shape index (κ3) is 4.69. The van der Waals surface area contributed by atoms with Gasteiger partial charge in [0.1, 0.15) is 13.2 Å². The molecule has 6 nitrogen and oxygen atoms in total. The van der Waals surface area contributed by atoms with E-state index in [1.54, 1.807) is 24.2 Å². The molecule has 3 rings (SSSR count). The Bertz CT molecular complexity index is 634. The minimum absolute atomic E-state index is 0.0530. The summed E-state index contributed by atoms with van der Waals surface area (Å²) in [7, 11) is 1.60. The minimum Gasteiger partial charge on any atom is -0.493 e. The van der Waals surface area contributed by atoms with Gasteiger partial charge in [0.25, 0.3) is 0 Å². The molecule has 2 aliphatic rings. The smallest absolute Gasteiger partial charge is 0.244 e. The zero-order valence-corrected chi connectivity index (χ0v) is 15.7. The Balaban J connectivity index is 1.57. The van der Waals surface area contributed by atoms with Crippen LogP contribution in [0.2, 0.25) is 0 Å². The minimum atomic E-state index is -0.0530. The van der Waals surface area contributed by atoms with Crippen LogP contribution in [0, 0.1) is 0 Å². The van der Waals surface area contributed by atoms with Crippen molar-refractivity contribution in [2.75, 3.05) is 40.0 Å². The van der Waals surface area contributed by atoms with Crippen LogP contribution >= 0.6 is 0 Å². The number of rotatable bonds is 6. The molecule has 1 aromatic rings. The summed E-state index contributed by atoms with van der Waals surface area (Å²) in [6.07, 6.45) is 6.68. The topological polar surface area (TPSA) is 61.2 Å². The van der Waals surface area contributed by atoms with Crippen LogP contribution in [-0.4, -0.2) is 51.9 Å². The van der Waals surface area contributed by atoms with Crippen molar-refractivity contribution in [2.45, 2.75) is 32.2 Å². The van der Waals surface area contributed by atoms with Gasteiger partial charge >= 0.3 is 0 Å². The maximum absolute atomic E-state index is 12.2. The molecule has 0 aromatic heterocycles. The van der Waals surface area contributed by atoms with Crippen molar-refractivity contribution in [3.05, 3.63) is 23.8 Å². The van der Waals surface area contributed by atoms with Gasteiger partial charge in [0.2, 0.25) is 11.7 Å². The Morgan fingerprint density at radius 3 is 2.81 bits per heavy atom. The van der Waals surface area contributed by atoms with E-state index in [2.05, 4.69) is 12.2 Å². The van der Waals surface area contributed by atoms with Gasteiger partial charge in [0.05, 0.1) is 26.7 Å². The van der Waals surface area contributed by atoms with Gasteiger partial charge < -0.3 is 24.4 Å². The van der Waals surface area contributed by atoms with E-state index in [0.717, 1.165) is 31.5 Å². The van der Waals surface area contributed by atoms with Crippen molar-refractivity contribution in [2.24, 2.45) is 0 Å². The number of benzene rings is 1. The van der Waals surface area contributed by atoms with E-state index in [4.69, 9.17) is 14.2 Å². The lowest BCUT2D eigenvalue weighted by atomic mass is 10.0. The lowest BCUT2D eigenvalue weighted by Gasteiger charge is -2.29. The fourth-order valence-electron chi connectivity index (χ4n) is 3.58. The first kappa shape index (κ1) is 18.6. The maximum Gasteiger partial charge on any atom is 0.244 e. The summed E-state index contributed by atoms with van der Waals surface area (Å²) in [4.78, 5) is 13.9. The SMILES string of the molecule is CCC[NH+]1CCC(NC(=O)/C=C/c2cc(OC)c3c(c2)OCCO3)CC1. The Morgan fingerprint density at radius 2 is 2.08 bits per heavy atom. The molecular weight excluding hydrogens is 332 g/mol. The van der Waals surface area contributed by atoms with E-state index in [1.165, 1.54) is 13.0 Å². The summed E-state index contributed by atoms with van der Waals surface area (Å²) < 4.78 is 16.6. The number of fused-ring (bicyclic) bond motifs is 1. The molecule has 1 fully saturated rings. The fraction of sp³-hybridized carbons (Fsp3) is 0.550. The number of hydrogen-bond donors (Lipinski definition) is 2. The molecule has 0 bridgehead atoms. The molecule has 0 unspecified atom stereocenters. The van der Waals surface area contributed by atoms with E-state index in [9.17, 15) is 4.79 Å². The van der Waals surface area contributed by atoms with E-state index in [1.807, 2.05) is 12.1 Å². The second kappa shape index (κ2) is 8.94. The van der Waals surface area contributed by atoms with Crippen LogP contribution < -0.4 is 24.4 Å². The molecule has 1 amide bonds. The van der Waals surface area contributed by atoms with Crippen LogP contribution in [0.1, 0.15) is 31.7 Å². The van der Waals surface area contributed by atoms with Crippen molar-refractivity contribution in [3.8, 4) is 17.2 Å². The molecular formula is C20H29N2O4+. The molecule has 2 heterocycles. The summed E-state index contributed by atoms with van der Waals surface area (Å²) in [6, 6.07) is 4.00. The van der Waals surface area contributed by atoms with E-state index in [0.29, 0.717) is 30.5 Å². The van der Waals surface area contributed by atoms with Gasteiger partial charge in [-0.1, -0.05) is 6.92 Å². The van der Waals surface area contributed by atoms with Crippen molar-refractivity contribution < 1.29 is 23.9 Å². The highest BCUT2D eigenvalue weighted by molar-refractivity contribution is 5.92. The highest BCUT2D eigenvalue weighted by Crippen LogP contribution is 2.40. The molecule has 1 aromatic carbocycles. The number of methoxy groups -OCH3 is 1. The van der Waals surface area contributed by atoms with Gasteiger partial charge in [-0.3, -0.25) is 4.79 Å². The zero-order valence-electron chi connectivity index (χ0n) is 15.7. The van der Waals surface area contributed by atoms with Gasteiger partial charge in [-0.2, -0.15) is 0 Å². The Hall–Kier alpha value is -2.21. The van der Waals surface area contributed by atoms with Gasteiger partial charge in [-0.05, 0) is 30.2 Å². The summed E-state index contributed by atoms with van der Waals surface area (Å²) in [6.45, 7) is 6.76. The molecule has 0 spiro atoms. The van der Waals surface area contributed by atoms with Crippen LogP contribution in [0.4, 0.5) is 0 Å². The normalized spacial score (nSPS) is 22.2. The van der Waals surface area contributed by atoms with Crippen molar-refractivity contribution in [3.63, 3.8) is 0 Å². The lowest BCUT2D eigenvalue weighted by Crippen LogP contribution is -3.13. The molecule has 2 N–H and O–H groups in total. The second-order valence-electron chi connectivity index (χ2n) is 6.86. The summed E-state index contributed by atoms with van der Waals surface area (Å²) in [5.41, 5.74) is 0.850. The van der Waals surface area contributed by atoms with Gasteiger partial charge in [0, 0.05) is 25.0 Å². The first-order valence-corrected chi connectivity index (χ1v) is 9.49. The van der Waals surface area contributed by atoms with Crippen LogP contribution in [0.3, 0.4) is 0 Å². The number of likely N-dealkylation sites (tertiary alicyclic amines) is 1. The average molecular weight is 361 g/mol. The van der Waals surface area contributed by atoms with E-state index >= 15 is 0 Å². The number of piperidine rings is 1. The van der Waals surface area contributed by atoms with Crippen LogP contribution in [0.25, 0.3) is 6.08 Å². The van der Waals surface area contributed by atoms with Crippen molar-refractivity contribution in [1.82, 2.24) is 5.32 Å². The molecule has 2 aliphatic heterocycles. The largest absolute Gasteiger partial charge is 0.493 e. The van der Waals surface area contributed by atoms with Gasteiger partial charge in [-0.25, -0.2) is 0 Å². The first-order valence-electron chi connectivity index (χ1n) is 9.49. The highest BCUT2D eigenvalue weighted by atomic mass is 16.6. The van der Waals surface area contributed by atoms with E-state index in [-0.39, 0.29) is 11.9 Å². The number of quaternary nitrogens is 1. The molecule has 0 radical (unpaired) electrons. The van der Waals surface area contributed by atoms with Gasteiger partial charge in [-0.15, -0.1) is 0 Å². The Labute approximate surface area is 155 Å². The number of amides is 1. The predicted molar refractivity (Wildman–Crippen MR) is 100 cm³/mol. The molecule has 0 atom stereocenters. The quantitative estimate of drug-likeness (QED) is 0.744. The number of carbonyl (C=O) groups excluding carboxylic acids is 1. The molecule has 26 heavy (non-hydrogen) atoms. The standard InChI is InChI=1S/C20H28N2O4/c1-3-8-22-9-6-16(7-10-22)21-19(23)5-4-15-13-17(24-2)20-18(14-15)25-11-12-26-20/h4-5,13-14,16H,3,6-12H2,1-2H3,(H,21,23)/p+1/b5-4+. The molecule has 6 heteroatoms. The number of hydrogen-bond acceptors (Lipinski definition) is 4. The molecule has 1 saturated heterocycles. The maximum atomic E-state index is 12.2. The van der Waals surface area contributed by atoms with Crippen LogP contribution in [0.15, 0.2) is 18.2 Å². The predicted octanol–water partition coefficient (Wildman–Crippen LogP) is 1.05. The zero-order chi connectivity index (χ0) is 18.4. The van der Waals surface area contributed by atoms with E-state index < -0.39 is 0 Å². The lowest BCUT2D eigenvalue weighted by molar-refractivity contribution is -0.905. The number of carbonyl (C=O) groups is 1. The van der Waals surface area contributed by atoms with Crippen molar-refractivity contribution >= 4 is 12.0 Å². The molecule has 0 saturated carbocycles. The van der Waals surface area contributed by atoms with Crippen LogP contribution in [0.5, 0.6) is 17.2 Å². The molecule has 142 valence electrons. The van der Waals surface area contributed by atoms with Crippen molar-refractivity contribution in [1.29, 1.82) is 0 Å². The Kier molecular flexibility index (Phi) is 6.39. The number of nitrogens with one attached hydrogen (secondary N) is 2. The first-order chi connectivity index (χ1) is 12.7. The average Bonchev–Trinajstić information content (AvgIpc) is 2.67. The summed E-state index contributed by atoms with van der Waals surface area (Å²) >= 11 is 0. The third-order valence-corrected chi connectivity index (χ3v) is 4.92. The summed E-state index contributed by atoms with van der Waals surface area (Å²) in [5.74, 6) is 1.85. The second-order valence-corrected chi connectivity index (χ2v) is 6.86. The van der Waals surface area contributed by atoms with Crippen LogP contribution in [-0.2, 0) is 4.79 Å².